The predicted molar refractivity (Wildman–Crippen MR) is 83.6 cm³/mol. The molecule has 1 aromatic carbocycles. The van der Waals surface area contributed by atoms with E-state index in [0.717, 1.165) is 25.2 Å². The van der Waals surface area contributed by atoms with E-state index in [0.29, 0.717) is 5.69 Å². The van der Waals surface area contributed by atoms with Gasteiger partial charge in [-0.05, 0) is 56.6 Å². The minimum absolute atomic E-state index is 0.0225. The Hall–Kier alpha value is -1.55. The number of nitrogens with two attached hydrogens (primary N) is 1. The molecule has 0 bridgehead atoms. The van der Waals surface area contributed by atoms with E-state index in [2.05, 4.69) is 17.1 Å². The highest BCUT2D eigenvalue weighted by Gasteiger charge is 2.24. The van der Waals surface area contributed by atoms with Gasteiger partial charge in [0.15, 0.2) is 0 Å². The number of likely N-dealkylation sites (tertiary alicyclic amines) is 1. The normalized spacial score (nSPS) is 18.2. The highest BCUT2D eigenvalue weighted by atomic mass is 16.2. The zero-order chi connectivity index (χ0) is 14.4. The summed E-state index contributed by atoms with van der Waals surface area (Å²) in [6, 6.07) is 7.29. The number of hydrogen-bond donors (Lipinski definition) is 2. The first-order chi connectivity index (χ1) is 9.70. The van der Waals surface area contributed by atoms with E-state index in [1.54, 1.807) is 0 Å². The van der Waals surface area contributed by atoms with E-state index in [-0.39, 0.29) is 11.9 Å². The van der Waals surface area contributed by atoms with Gasteiger partial charge < -0.3 is 11.1 Å². The number of anilines is 2. The smallest absolute Gasteiger partial charge is 0.241 e. The molecular weight excluding hydrogens is 250 g/mol. The lowest BCUT2D eigenvalue weighted by Gasteiger charge is -2.28. The SMILES string of the molecule is CCC(C(=O)Nc1ccc(N)cc1)N1CCCCCC1. The van der Waals surface area contributed by atoms with Gasteiger partial charge in [0.1, 0.15) is 0 Å². The summed E-state index contributed by atoms with van der Waals surface area (Å²) in [5.74, 6) is 0.0965. The fraction of sp³-hybridized carbons (Fsp3) is 0.562. The second-order valence-corrected chi connectivity index (χ2v) is 5.49. The summed E-state index contributed by atoms with van der Waals surface area (Å²) in [5, 5.41) is 3.00. The summed E-state index contributed by atoms with van der Waals surface area (Å²) < 4.78 is 0. The van der Waals surface area contributed by atoms with E-state index in [9.17, 15) is 4.79 Å². The van der Waals surface area contributed by atoms with Gasteiger partial charge >= 0.3 is 0 Å². The van der Waals surface area contributed by atoms with Gasteiger partial charge in [0, 0.05) is 11.4 Å². The van der Waals surface area contributed by atoms with Crippen LogP contribution < -0.4 is 11.1 Å². The number of carbonyl (C=O) groups excluding carboxylic acids is 1. The van der Waals surface area contributed by atoms with Crippen molar-refractivity contribution in [3.8, 4) is 0 Å². The van der Waals surface area contributed by atoms with Crippen LogP contribution in [0.4, 0.5) is 11.4 Å². The van der Waals surface area contributed by atoms with Gasteiger partial charge in [-0.1, -0.05) is 19.8 Å². The molecular formula is C16H25N3O. The largest absolute Gasteiger partial charge is 0.399 e. The summed E-state index contributed by atoms with van der Waals surface area (Å²) in [5.41, 5.74) is 7.18. The van der Waals surface area contributed by atoms with Crippen molar-refractivity contribution in [2.24, 2.45) is 0 Å². The molecule has 1 saturated heterocycles. The van der Waals surface area contributed by atoms with Crippen LogP contribution in [0.25, 0.3) is 0 Å². The summed E-state index contributed by atoms with van der Waals surface area (Å²) in [6.07, 6.45) is 5.82. The predicted octanol–water partition coefficient (Wildman–Crippen LogP) is 2.86. The van der Waals surface area contributed by atoms with Crippen LogP contribution in [-0.4, -0.2) is 29.9 Å². The van der Waals surface area contributed by atoms with Crippen LogP contribution in [0.2, 0.25) is 0 Å². The Bertz CT molecular complexity index is 422. The Labute approximate surface area is 121 Å². The molecule has 0 radical (unpaired) electrons. The maximum atomic E-state index is 12.5. The molecule has 1 aliphatic rings. The summed E-state index contributed by atoms with van der Waals surface area (Å²) in [4.78, 5) is 14.8. The van der Waals surface area contributed by atoms with Crippen LogP contribution in [0.5, 0.6) is 0 Å². The van der Waals surface area contributed by atoms with E-state index in [1.165, 1.54) is 25.7 Å². The highest BCUT2D eigenvalue weighted by molar-refractivity contribution is 5.94. The standard InChI is InChI=1S/C16H25N3O/c1-2-15(19-11-5-3-4-6-12-19)16(20)18-14-9-7-13(17)8-10-14/h7-10,15H,2-6,11-12,17H2,1H3,(H,18,20). The molecule has 3 N–H and O–H groups in total. The van der Waals surface area contributed by atoms with Crippen LogP contribution in [0.15, 0.2) is 24.3 Å². The molecule has 1 aliphatic heterocycles. The molecule has 4 nitrogen and oxygen atoms in total. The Morgan fingerprint density at radius 1 is 1.20 bits per heavy atom. The van der Waals surface area contributed by atoms with Crippen molar-refractivity contribution >= 4 is 17.3 Å². The molecule has 0 spiro atoms. The molecule has 1 fully saturated rings. The summed E-state index contributed by atoms with van der Waals surface area (Å²) in [7, 11) is 0. The third-order valence-electron chi connectivity index (χ3n) is 3.95. The second-order valence-electron chi connectivity index (χ2n) is 5.49. The first-order valence-corrected chi connectivity index (χ1v) is 7.61. The van der Waals surface area contributed by atoms with Crippen LogP contribution >= 0.6 is 0 Å². The van der Waals surface area contributed by atoms with Crippen molar-refractivity contribution in [1.29, 1.82) is 0 Å². The third-order valence-corrected chi connectivity index (χ3v) is 3.95. The Balaban J connectivity index is 1.98. The Morgan fingerprint density at radius 3 is 2.35 bits per heavy atom. The number of nitrogens with one attached hydrogen (secondary N) is 1. The first-order valence-electron chi connectivity index (χ1n) is 7.61. The molecule has 1 amide bonds. The zero-order valence-electron chi connectivity index (χ0n) is 12.3. The monoisotopic (exact) mass is 275 g/mol. The molecule has 0 aliphatic carbocycles. The van der Waals surface area contributed by atoms with Gasteiger partial charge in [0.25, 0.3) is 0 Å². The minimum Gasteiger partial charge on any atom is -0.399 e. The summed E-state index contributed by atoms with van der Waals surface area (Å²) in [6.45, 7) is 4.15. The fourth-order valence-electron chi connectivity index (χ4n) is 2.81. The summed E-state index contributed by atoms with van der Waals surface area (Å²) >= 11 is 0. The van der Waals surface area contributed by atoms with Gasteiger partial charge in [-0.3, -0.25) is 9.69 Å². The zero-order valence-corrected chi connectivity index (χ0v) is 12.3. The topological polar surface area (TPSA) is 58.4 Å². The van der Waals surface area contributed by atoms with E-state index >= 15 is 0 Å². The number of amides is 1. The average Bonchev–Trinajstić information content (AvgIpc) is 2.71. The fourth-order valence-corrected chi connectivity index (χ4v) is 2.81. The van der Waals surface area contributed by atoms with Crippen LogP contribution in [0.1, 0.15) is 39.0 Å². The van der Waals surface area contributed by atoms with Crippen molar-refractivity contribution < 1.29 is 4.79 Å². The number of hydrogen-bond acceptors (Lipinski definition) is 3. The number of nitrogen functional groups attached to an aromatic ring is 1. The molecule has 0 saturated carbocycles. The molecule has 1 atom stereocenters. The van der Waals surface area contributed by atoms with Crippen molar-refractivity contribution in [3.05, 3.63) is 24.3 Å². The minimum atomic E-state index is -0.0225. The lowest BCUT2D eigenvalue weighted by molar-refractivity contribution is -0.121. The molecule has 0 aromatic heterocycles. The molecule has 20 heavy (non-hydrogen) atoms. The van der Waals surface area contributed by atoms with Crippen molar-refractivity contribution in [3.63, 3.8) is 0 Å². The van der Waals surface area contributed by atoms with Crippen molar-refractivity contribution in [2.45, 2.75) is 45.1 Å². The van der Waals surface area contributed by atoms with E-state index in [4.69, 9.17) is 5.73 Å². The third kappa shape index (κ3) is 3.97. The lowest BCUT2D eigenvalue weighted by Crippen LogP contribution is -2.44. The van der Waals surface area contributed by atoms with Crippen LogP contribution in [-0.2, 0) is 4.79 Å². The van der Waals surface area contributed by atoms with Crippen molar-refractivity contribution in [2.75, 3.05) is 24.1 Å². The van der Waals surface area contributed by atoms with E-state index in [1.807, 2.05) is 24.3 Å². The average molecular weight is 275 g/mol. The number of carbonyl (C=O) groups is 1. The molecule has 1 heterocycles. The number of rotatable bonds is 4. The number of nitrogens with zero attached hydrogens (tertiary/aromatic N) is 1. The van der Waals surface area contributed by atoms with Crippen LogP contribution in [0, 0.1) is 0 Å². The van der Waals surface area contributed by atoms with Gasteiger partial charge in [0.2, 0.25) is 5.91 Å². The van der Waals surface area contributed by atoms with Gasteiger partial charge in [-0.15, -0.1) is 0 Å². The quantitative estimate of drug-likeness (QED) is 0.831. The molecule has 110 valence electrons. The first kappa shape index (κ1) is 14.9. The van der Waals surface area contributed by atoms with Gasteiger partial charge in [-0.2, -0.15) is 0 Å². The highest BCUT2D eigenvalue weighted by Crippen LogP contribution is 2.17. The maximum absolute atomic E-state index is 12.5. The van der Waals surface area contributed by atoms with Crippen molar-refractivity contribution in [1.82, 2.24) is 4.90 Å². The van der Waals surface area contributed by atoms with Gasteiger partial charge in [-0.25, -0.2) is 0 Å². The van der Waals surface area contributed by atoms with Gasteiger partial charge in [0.05, 0.1) is 6.04 Å². The maximum Gasteiger partial charge on any atom is 0.241 e. The van der Waals surface area contributed by atoms with E-state index < -0.39 is 0 Å². The second kappa shape index (κ2) is 7.29. The molecule has 4 heteroatoms. The molecule has 2 rings (SSSR count). The molecule has 1 unspecified atom stereocenters. The Kier molecular flexibility index (Phi) is 5.41. The number of benzene rings is 1. The lowest BCUT2D eigenvalue weighted by atomic mass is 10.1. The van der Waals surface area contributed by atoms with Crippen LogP contribution in [0.3, 0.4) is 0 Å². The Morgan fingerprint density at radius 2 is 1.80 bits per heavy atom. The molecule has 1 aromatic rings.